The molecular formula is C12H15NO2. The molecule has 3 nitrogen and oxygen atoms in total. The number of esters is 1. The fraction of sp³-hybridized carbons (Fsp3) is 0.417. The SMILES string of the molecule is CNC1(C(=O)OC)CCc2ccccc21. The molecule has 1 aliphatic rings. The predicted octanol–water partition coefficient (Wildman–Crippen LogP) is 1.22. The van der Waals surface area contributed by atoms with Gasteiger partial charge in [0.15, 0.2) is 0 Å². The van der Waals surface area contributed by atoms with Gasteiger partial charge in [0.1, 0.15) is 5.54 Å². The number of aryl methyl sites for hydroxylation is 1. The number of likely N-dealkylation sites (N-methyl/N-ethyl adjacent to an activating group) is 1. The van der Waals surface area contributed by atoms with Crippen molar-refractivity contribution in [1.82, 2.24) is 5.32 Å². The van der Waals surface area contributed by atoms with E-state index in [-0.39, 0.29) is 5.97 Å². The van der Waals surface area contributed by atoms with E-state index in [1.54, 1.807) is 7.05 Å². The van der Waals surface area contributed by atoms with E-state index in [0.717, 1.165) is 18.4 Å². The van der Waals surface area contributed by atoms with E-state index in [4.69, 9.17) is 4.74 Å². The smallest absolute Gasteiger partial charge is 0.330 e. The molecule has 1 aromatic rings. The molecule has 0 bridgehead atoms. The monoisotopic (exact) mass is 205 g/mol. The summed E-state index contributed by atoms with van der Waals surface area (Å²) in [4.78, 5) is 11.8. The number of benzene rings is 1. The normalized spacial score (nSPS) is 23.6. The summed E-state index contributed by atoms with van der Waals surface area (Å²) in [6, 6.07) is 8.02. The lowest BCUT2D eigenvalue weighted by molar-refractivity contribution is -0.148. The molecule has 0 amide bonds. The molecule has 15 heavy (non-hydrogen) atoms. The van der Waals surface area contributed by atoms with Crippen molar-refractivity contribution in [3.8, 4) is 0 Å². The van der Waals surface area contributed by atoms with Crippen molar-refractivity contribution in [2.75, 3.05) is 14.2 Å². The lowest BCUT2D eigenvalue weighted by Gasteiger charge is -2.26. The molecule has 0 aromatic heterocycles. The maximum atomic E-state index is 11.8. The Hall–Kier alpha value is -1.35. The number of carbonyl (C=O) groups excluding carboxylic acids is 1. The van der Waals surface area contributed by atoms with Crippen molar-refractivity contribution in [3.05, 3.63) is 35.4 Å². The molecule has 1 atom stereocenters. The Morgan fingerprint density at radius 1 is 1.47 bits per heavy atom. The minimum absolute atomic E-state index is 0.199. The summed E-state index contributed by atoms with van der Waals surface area (Å²) >= 11 is 0. The van der Waals surface area contributed by atoms with Gasteiger partial charge in [0.25, 0.3) is 0 Å². The van der Waals surface area contributed by atoms with E-state index >= 15 is 0 Å². The highest BCUT2D eigenvalue weighted by Crippen LogP contribution is 2.37. The molecule has 0 spiro atoms. The highest BCUT2D eigenvalue weighted by Gasteiger charge is 2.44. The van der Waals surface area contributed by atoms with E-state index in [0.29, 0.717) is 0 Å². The third-order valence-electron chi connectivity index (χ3n) is 3.21. The van der Waals surface area contributed by atoms with E-state index in [2.05, 4.69) is 11.4 Å². The Bertz CT molecular complexity index is 389. The molecule has 1 unspecified atom stereocenters. The number of carbonyl (C=O) groups is 1. The van der Waals surface area contributed by atoms with Gasteiger partial charge in [-0.3, -0.25) is 0 Å². The number of methoxy groups -OCH3 is 1. The van der Waals surface area contributed by atoms with Crippen LogP contribution >= 0.6 is 0 Å². The Labute approximate surface area is 89.4 Å². The second-order valence-corrected chi connectivity index (χ2v) is 3.80. The number of hydrogen-bond acceptors (Lipinski definition) is 3. The topological polar surface area (TPSA) is 38.3 Å². The lowest BCUT2D eigenvalue weighted by Crippen LogP contribution is -2.46. The average Bonchev–Trinajstić information content (AvgIpc) is 2.68. The van der Waals surface area contributed by atoms with Gasteiger partial charge in [0.2, 0.25) is 0 Å². The van der Waals surface area contributed by atoms with Crippen LogP contribution in [0, 0.1) is 0 Å². The Kier molecular flexibility index (Phi) is 2.49. The fourth-order valence-electron chi connectivity index (χ4n) is 2.36. The van der Waals surface area contributed by atoms with E-state index in [1.807, 2.05) is 18.2 Å². The molecule has 1 N–H and O–H groups in total. The van der Waals surface area contributed by atoms with Crippen LogP contribution in [-0.4, -0.2) is 20.1 Å². The van der Waals surface area contributed by atoms with Gasteiger partial charge in [-0.1, -0.05) is 24.3 Å². The molecule has 3 heteroatoms. The van der Waals surface area contributed by atoms with Crippen LogP contribution in [0.4, 0.5) is 0 Å². The Balaban J connectivity index is 2.50. The second-order valence-electron chi connectivity index (χ2n) is 3.80. The molecule has 0 saturated carbocycles. The minimum atomic E-state index is -0.634. The standard InChI is InChI=1S/C12H15NO2/c1-13-12(11(14)15-2)8-7-9-5-3-4-6-10(9)12/h3-6,13H,7-8H2,1-2H3. The minimum Gasteiger partial charge on any atom is -0.467 e. The zero-order chi connectivity index (χ0) is 10.9. The van der Waals surface area contributed by atoms with Crippen molar-refractivity contribution >= 4 is 5.97 Å². The largest absolute Gasteiger partial charge is 0.467 e. The van der Waals surface area contributed by atoms with Gasteiger partial charge in [0, 0.05) is 0 Å². The van der Waals surface area contributed by atoms with Crippen molar-refractivity contribution in [2.45, 2.75) is 18.4 Å². The Morgan fingerprint density at radius 3 is 2.87 bits per heavy atom. The third-order valence-corrected chi connectivity index (χ3v) is 3.21. The lowest BCUT2D eigenvalue weighted by atomic mass is 9.92. The molecule has 80 valence electrons. The van der Waals surface area contributed by atoms with Crippen molar-refractivity contribution in [3.63, 3.8) is 0 Å². The first-order chi connectivity index (χ1) is 7.24. The number of hydrogen-bond donors (Lipinski definition) is 1. The summed E-state index contributed by atoms with van der Waals surface area (Å²) in [7, 11) is 3.24. The predicted molar refractivity (Wildman–Crippen MR) is 57.5 cm³/mol. The summed E-state index contributed by atoms with van der Waals surface area (Å²) in [5.74, 6) is -0.199. The van der Waals surface area contributed by atoms with Crippen LogP contribution in [0.2, 0.25) is 0 Å². The zero-order valence-electron chi connectivity index (χ0n) is 9.04. The van der Waals surface area contributed by atoms with Gasteiger partial charge >= 0.3 is 5.97 Å². The zero-order valence-corrected chi connectivity index (χ0v) is 9.04. The first kappa shape index (κ1) is 10.2. The van der Waals surface area contributed by atoms with Gasteiger partial charge in [0.05, 0.1) is 7.11 Å². The maximum absolute atomic E-state index is 11.8. The van der Waals surface area contributed by atoms with Crippen molar-refractivity contribution in [2.24, 2.45) is 0 Å². The molecule has 0 fully saturated rings. The van der Waals surface area contributed by atoms with E-state index in [1.165, 1.54) is 12.7 Å². The average molecular weight is 205 g/mol. The van der Waals surface area contributed by atoms with Gasteiger partial charge in [-0.2, -0.15) is 0 Å². The molecule has 0 radical (unpaired) electrons. The summed E-state index contributed by atoms with van der Waals surface area (Å²) in [6.07, 6.45) is 1.70. The molecule has 2 rings (SSSR count). The van der Waals surface area contributed by atoms with Crippen LogP contribution in [0.1, 0.15) is 17.5 Å². The molecule has 0 saturated heterocycles. The first-order valence-electron chi connectivity index (χ1n) is 5.10. The number of ether oxygens (including phenoxy) is 1. The number of rotatable bonds is 2. The van der Waals surface area contributed by atoms with Gasteiger partial charge < -0.3 is 10.1 Å². The van der Waals surface area contributed by atoms with Crippen LogP contribution in [0.3, 0.4) is 0 Å². The molecule has 1 aromatic carbocycles. The van der Waals surface area contributed by atoms with E-state index in [9.17, 15) is 4.79 Å². The van der Waals surface area contributed by atoms with E-state index < -0.39 is 5.54 Å². The quantitative estimate of drug-likeness (QED) is 0.738. The second kappa shape index (κ2) is 3.66. The maximum Gasteiger partial charge on any atom is 0.330 e. The molecule has 0 heterocycles. The highest BCUT2D eigenvalue weighted by molar-refractivity contribution is 5.84. The van der Waals surface area contributed by atoms with Crippen LogP contribution < -0.4 is 5.32 Å². The van der Waals surface area contributed by atoms with Crippen LogP contribution in [-0.2, 0) is 21.5 Å². The fourth-order valence-corrected chi connectivity index (χ4v) is 2.36. The van der Waals surface area contributed by atoms with Crippen LogP contribution in [0.15, 0.2) is 24.3 Å². The third kappa shape index (κ3) is 1.35. The van der Waals surface area contributed by atoms with Gasteiger partial charge in [-0.05, 0) is 31.0 Å². The summed E-state index contributed by atoms with van der Waals surface area (Å²) in [6.45, 7) is 0. The molecular weight excluding hydrogens is 190 g/mol. The van der Waals surface area contributed by atoms with Crippen molar-refractivity contribution in [1.29, 1.82) is 0 Å². The summed E-state index contributed by atoms with van der Waals surface area (Å²) in [5, 5.41) is 3.11. The Morgan fingerprint density at radius 2 is 2.20 bits per heavy atom. The summed E-state index contributed by atoms with van der Waals surface area (Å²) in [5.41, 5.74) is 1.65. The number of fused-ring (bicyclic) bond motifs is 1. The van der Waals surface area contributed by atoms with Gasteiger partial charge in [-0.15, -0.1) is 0 Å². The van der Waals surface area contributed by atoms with Gasteiger partial charge in [-0.25, -0.2) is 4.79 Å². The van der Waals surface area contributed by atoms with Crippen LogP contribution in [0.25, 0.3) is 0 Å². The first-order valence-corrected chi connectivity index (χ1v) is 5.10. The highest BCUT2D eigenvalue weighted by atomic mass is 16.5. The summed E-state index contributed by atoms with van der Waals surface area (Å²) < 4.78 is 4.88. The number of nitrogens with one attached hydrogen (secondary N) is 1. The van der Waals surface area contributed by atoms with Crippen LogP contribution in [0.5, 0.6) is 0 Å². The molecule has 0 aliphatic heterocycles. The van der Waals surface area contributed by atoms with Crippen molar-refractivity contribution < 1.29 is 9.53 Å². The molecule has 1 aliphatic carbocycles.